The number of allylic oxidation sites excluding steroid dienone is 1. The molecule has 3 rings (SSSR count). The smallest absolute Gasteiger partial charge is 0.220 e. The molecule has 0 radical (unpaired) electrons. The van der Waals surface area contributed by atoms with Crippen LogP contribution in [0.4, 0.5) is 0 Å². The first kappa shape index (κ1) is 69.8. The average Bonchev–Trinajstić information content (AvgIpc) is 3.43. The first-order valence-electron chi connectivity index (χ1n) is 30.4. The molecule has 19 nitrogen and oxygen atoms in total. The lowest BCUT2D eigenvalue weighted by atomic mass is 9.96. The number of nitrogens with one attached hydrogen (secondary N) is 1. The minimum atomic E-state index is -1.97. The molecule has 0 bridgehead atoms. The molecular weight excluding hydrogens is 999 g/mol. The maximum atomic E-state index is 12.7. The van der Waals surface area contributed by atoms with Gasteiger partial charge in [0.25, 0.3) is 0 Å². The molecule has 77 heavy (non-hydrogen) atoms. The summed E-state index contributed by atoms with van der Waals surface area (Å²) in [5.74, 6) is -0.327. The summed E-state index contributed by atoms with van der Waals surface area (Å²) in [6, 6.07) is -0.964. The number of amides is 1. The SMILES string of the molecule is CCCCCCCCCCCCCCCCCCCCCCCCCCCCCCC/C=C/C(O)C(COC1OC(CO)C(OC2OC(CO)C(OC3OC(CO)C(O)C(O)C3O)C(O)C2O)C(O)C1O)NC(=O)CCC. The number of unbranched alkanes of at least 4 members (excludes halogenated alkanes) is 29. The summed E-state index contributed by atoms with van der Waals surface area (Å²) in [6.45, 7) is 1.35. The summed E-state index contributed by atoms with van der Waals surface area (Å²) >= 11 is 0. The van der Waals surface area contributed by atoms with Crippen molar-refractivity contribution in [1.82, 2.24) is 5.32 Å². The van der Waals surface area contributed by atoms with Crippen LogP contribution in [0.25, 0.3) is 0 Å². The molecule has 3 aliphatic heterocycles. The van der Waals surface area contributed by atoms with Crippen molar-refractivity contribution in [3.05, 3.63) is 12.2 Å². The molecule has 0 spiro atoms. The molecule has 3 heterocycles. The van der Waals surface area contributed by atoms with Gasteiger partial charge < -0.3 is 89.9 Å². The first-order valence-corrected chi connectivity index (χ1v) is 30.4. The van der Waals surface area contributed by atoms with Gasteiger partial charge in [0.05, 0.1) is 38.6 Å². The maximum absolute atomic E-state index is 12.7. The normalized spacial score (nSPS) is 30.7. The third-order valence-electron chi connectivity index (χ3n) is 15.6. The van der Waals surface area contributed by atoms with E-state index in [-0.39, 0.29) is 18.9 Å². The summed E-state index contributed by atoms with van der Waals surface area (Å²) < 4.78 is 33.9. The Bertz CT molecular complexity index is 1460. The Morgan fingerprint density at radius 3 is 1.19 bits per heavy atom. The molecule has 12 N–H and O–H groups in total. The zero-order valence-corrected chi connectivity index (χ0v) is 47.2. The first-order chi connectivity index (χ1) is 37.3. The van der Waals surface area contributed by atoms with E-state index in [2.05, 4.69) is 12.2 Å². The Balaban J connectivity index is 1.27. The van der Waals surface area contributed by atoms with Gasteiger partial charge in [-0.25, -0.2) is 0 Å². The minimum Gasteiger partial charge on any atom is -0.394 e. The number of carbonyl (C=O) groups excluding carboxylic acids is 1. The molecular formula is C58H109NO18. The van der Waals surface area contributed by atoms with E-state index >= 15 is 0 Å². The number of hydrogen-bond acceptors (Lipinski definition) is 18. The van der Waals surface area contributed by atoms with E-state index in [1.807, 2.05) is 13.0 Å². The van der Waals surface area contributed by atoms with Crippen molar-refractivity contribution in [2.45, 2.75) is 324 Å². The molecule has 1 amide bonds. The zero-order chi connectivity index (χ0) is 56.2. The average molecular weight is 1110 g/mol. The largest absolute Gasteiger partial charge is 0.394 e. The van der Waals surface area contributed by atoms with Crippen molar-refractivity contribution in [1.29, 1.82) is 0 Å². The van der Waals surface area contributed by atoms with Crippen LogP contribution in [0.3, 0.4) is 0 Å². The third-order valence-corrected chi connectivity index (χ3v) is 15.6. The van der Waals surface area contributed by atoms with Gasteiger partial charge in [0.2, 0.25) is 5.91 Å². The van der Waals surface area contributed by atoms with Gasteiger partial charge in [-0.1, -0.05) is 206 Å². The van der Waals surface area contributed by atoms with Gasteiger partial charge in [-0.05, 0) is 19.3 Å². The Morgan fingerprint density at radius 2 is 0.805 bits per heavy atom. The number of ether oxygens (including phenoxy) is 6. The van der Waals surface area contributed by atoms with Crippen LogP contribution in [0.1, 0.15) is 219 Å². The van der Waals surface area contributed by atoms with E-state index in [0.717, 1.165) is 25.7 Å². The van der Waals surface area contributed by atoms with Crippen molar-refractivity contribution in [2.75, 3.05) is 26.4 Å². The predicted octanol–water partition coefficient (Wildman–Crippen LogP) is 5.38. The predicted molar refractivity (Wildman–Crippen MR) is 291 cm³/mol. The zero-order valence-electron chi connectivity index (χ0n) is 47.2. The van der Waals surface area contributed by atoms with Crippen LogP contribution in [-0.2, 0) is 33.2 Å². The topological polar surface area (TPSA) is 307 Å². The van der Waals surface area contributed by atoms with Gasteiger partial charge in [-0.2, -0.15) is 0 Å². The van der Waals surface area contributed by atoms with Gasteiger partial charge >= 0.3 is 0 Å². The second kappa shape index (κ2) is 42.4. The van der Waals surface area contributed by atoms with Crippen LogP contribution in [0, 0.1) is 0 Å². The standard InChI is InChI=1S/C58H109NO18/c1-3-5-6-7-8-9-10-11-12-13-14-15-16-17-18-19-20-21-22-23-24-25-26-27-28-29-30-31-32-33-34-36-42(63)41(59-46(64)35-4-2)40-72-56-52(70)49(67)54(44(38-61)74-56)77-58-53(71)50(68)55(45(39-62)75-58)76-57-51(69)48(66)47(65)43(37-60)73-57/h34,36,41-45,47-58,60-63,65-71H,3-33,35,37-40H2,1-2H3,(H,59,64)/b36-34+. The van der Waals surface area contributed by atoms with E-state index < -0.39 is 124 Å². The van der Waals surface area contributed by atoms with Gasteiger partial charge in [0, 0.05) is 6.42 Å². The monoisotopic (exact) mass is 1110 g/mol. The fourth-order valence-electron chi connectivity index (χ4n) is 10.6. The van der Waals surface area contributed by atoms with Crippen molar-refractivity contribution >= 4 is 5.91 Å². The molecule has 0 aromatic carbocycles. The van der Waals surface area contributed by atoms with E-state index in [9.17, 15) is 61.0 Å². The molecule has 19 heteroatoms. The number of hydrogen-bond donors (Lipinski definition) is 12. The van der Waals surface area contributed by atoms with Crippen molar-refractivity contribution in [2.24, 2.45) is 0 Å². The number of rotatable bonds is 45. The van der Waals surface area contributed by atoms with E-state index in [4.69, 9.17) is 28.4 Å². The fraction of sp³-hybridized carbons (Fsp3) is 0.948. The lowest BCUT2D eigenvalue weighted by Crippen LogP contribution is -2.66. The van der Waals surface area contributed by atoms with Crippen LogP contribution >= 0.6 is 0 Å². The van der Waals surface area contributed by atoms with Crippen LogP contribution < -0.4 is 5.32 Å². The Labute approximate surface area is 461 Å². The number of aliphatic hydroxyl groups is 11. The second-order valence-corrected chi connectivity index (χ2v) is 22.2. The van der Waals surface area contributed by atoms with Gasteiger partial charge in [0.1, 0.15) is 73.2 Å². The fourth-order valence-corrected chi connectivity index (χ4v) is 10.6. The van der Waals surface area contributed by atoms with Gasteiger partial charge in [-0.15, -0.1) is 0 Å². The van der Waals surface area contributed by atoms with Crippen LogP contribution in [0.5, 0.6) is 0 Å². The molecule has 0 aromatic heterocycles. The third kappa shape index (κ3) is 26.5. The van der Waals surface area contributed by atoms with E-state index in [1.54, 1.807) is 6.08 Å². The Hall–Kier alpha value is -1.47. The highest BCUT2D eigenvalue weighted by atomic mass is 16.8. The second-order valence-electron chi connectivity index (χ2n) is 22.2. The van der Waals surface area contributed by atoms with E-state index in [1.165, 1.54) is 167 Å². The summed E-state index contributed by atoms with van der Waals surface area (Å²) in [6.07, 6.45) is 17.4. The lowest BCUT2D eigenvalue weighted by molar-refractivity contribution is -0.379. The quantitative estimate of drug-likeness (QED) is 0.0269. The molecule has 17 unspecified atom stereocenters. The van der Waals surface area contributed by atoms with Gasteiger partial charge in [0.15, 0.2) is 18.9 Å². The molecule has 3 saturated heterocycles. The molecule has 3 aliphatic rings. The summed E-state index contributed by atoms with van der Waals surface area (Å²) in [5.41, 5.74) is 0. The van der Waals surface area contributed by atoms with Gasteiger partial charge in [-0.3, -0.25) is 4.79 Å². The maximum Gasteiger partial charge on any atom is 0.220 e. The highest BCUT2D eigenvalue weighted by Crippen LogP contribution is 2.33. The van der Waals surface area contributed by atoms with Crippen LogP contribution in [0.15, 0.2) is 12.2 Å². The molecule has 3 fully saturated rings. The molecule has 454 valence electrons. The summed E-state index contributed by atoms with van der Waals surface area (Å²) in [4.78, 5) is 12.7. The highest BCUT2D eigenvalue weighted by Gasteiger charge is 2.53. The Morgan fingerprint density at radius 1 is 0.455 bits per heavy atom. The van der Waals surface area contributed by atoms with E-state index in [0.29, 0.717) is 6.42 Å². The molecule has 0 saturated carbocycles. The Kier molecular flexibility index (Phi) is 38.4. The molecule has 17 atom stereocenters. The molecule has 0 aromatic rings. The van der Waals surface area contributed by atoms with Crippen molar-refractivity contribution in [3.8, 4) is 0 Å². The number of aliphatic hydroxyl groups excluding tert-OH is 11. The lowest BCUT2D eigenvalue weighted by Gasteiger charge is -2.48. The summed E-state index contributed by atoms with van der Waals surface area (Å²) in [7, 11) is 0. The summed E-state index contributed by atoms with van der Waals surface area (Å²) in [5, 5.41) is 119. The van der Waals surface area contributed by atoms with Crippen molar-refractivity contribution in [3.63, 3.8) is 0 Å². The molecule has 0 aliphatic carbocycles. The number of carbonyl (C=O) groups is 1. The van der Waals surface area contributed by atoms with Crippen LogP contribution in [-0.4, -0.2) is 193 Å². The van der Waals surface area contributed by atoms with Crippen LogP contribution in [0.2, 0.25) is 0 Å². The highest BCUT2D eigenvalue weighted by molar-refractivity contribution is 5.76. The van der Waals surface area contributed by atoms with Crippen molar-refractivity contribution < 1.29 is 89.4 Å². The minimum absolute atomic E-state index is 0.195.